The number of carboxylic acid groups (broad SMARTS) is 1. The van der Waals surface area contributed by atoms with Gasteiger partial charge in [0.15, 0.2) is 5.69 Å². The number of ether oxygens (including phenoxy) is 2. The van der Waals surface area contributed by atoms with Gasteiger partial charge in [-0.1, -0.05) is 42.5 Å². The predicted octanol–water partition coefficient (Wildman–Crippen LogP) is 4.43. The first kappa shape index (κ1) is 21.3. The molecular formula is C24H21FN2O5. The van der Waals surface area contributed by atoms with Gasteiger partial charge in [0.1, 0.15) is 24.7 Å². The molecular weight excluding hydrogens is 415 g/mol. The summed E-state index contributed by atoms with van der Waals surface area (Å²) in [7, 11) is 0. The van der Waals surface area contributed by atoms with Crippen molar-refractivity contribution in [3.05, 3.63) is 88.9 Å². The molecule has 1 aromatic heterocycles. The van der Waals surface area contributed by atoms with E-state index in [9.17, 15) is 19.1 Å². The van der Waals surface area contributed by atoms with Crippen molar-refractivity contribution >= 4 is 17.7 Å². The number of nitrogens with zero attached hydrogens (tertiary/aromatic N) is 2. The average molecular weight is 436 g/mol. The molecule has 1 aliphatic heterocycles. The quantitative estimate of drug-likeness (QED) is 0.636. The maximum absolute atomic E-state index is 13.3. The van der Waals surface area contributed by atoms with E-state index in [1.807, 2.05) is 30.3 Å². The fraction of sp³-hybridized carbons (Fsp3) is 0.208. The lowest BCUT2D eigenvalue weighted by Crippen LogP contribution is -2.45. The Morgan fingerprint density at radius 3 is 2.56 bits per heavy atom. The smallest absolute Gasteiger partial charge is 0.415 e. The van der Waals surface area contributed by atoms with Gasteiger partial charge in [0.05, 0.1) is 6.04 Å². The SMILES string of the molecule is CC1COc2nc(C(=O)O)c(Cc3ccc(F)cc3)cc2N1C(=O)OCc1ccccc1. The van der Waals surface area contributed by atoms with Gasteiger partial charge in [0, 0.05) is 0 Å². The van der Waals surface area contributed by atoms with Crippen LogP contribution in [0, 0.1) is 5.82 Å². The highest BCUT2D eigenvalue weighted by Gasteiger charge is 2.33. The highest BCUT2D eigenvalue weighted by Crippen LogP contribution is 2.35. The Hall–Kier alpha value is -3.94. The van der Waals surface area contributed by atoms with Crippen LogP contribution in [0.2, 0.25) is 0 Å². The number of benzene rings is 2. The van der Waals surface area contributed by atoms with Gasteiger partial charge in [-0.05, 0) is 48.2 Å². The van der Waals surface area contributed by atoms with Crippen molar-refractivity contribution in [1.29, 1.82) is 0 Å². The summed E-state index contributed by atoms with van der Waals surface area (Å²) >= 11 is 0. The standard InChI is InChI=1S/C24H21FN2O5/c1-15-13-31-22-20(27(15)24(30)32-14-17-5-3-2-4-6-17)12-18(21(26-22)23(28)29)11-16-7-9-19(25)10-8-16/h2-10,12,15H,11,13-14H2,1H3,(H,28,29). The molecule has 1 unspecified atom stereocenters. The minimum Gasteiger partial charge on any atom is -0.476 e. The number of carboxylic acids is 1. The van der Waals surface area contributed by atoms with Gasteiger partial charge >= 0.3 is 12.1 Å². The number of aromatic nitrogens is 1. The number of amides is 1. The van der Waals surface area contributed by atoms with Crippen LogP contribution in [0.5, 0.6) is 5.88 Å². The van der Waals surface area contributed by atoms with Crippen LogP contribution in [-0.4, -0.2) is 34.8 Å². The van der Waals surface area contributed by atoms with E-state index in [4.69, 9.17) is 9.47 Å². The van der Waals surface area contributed by atoms with E-state index >= 15 is 0 Å². The average Bonchev–Trinajstić information content (AvgIpc) is 2.79. The van der Waals surface area contributed by atoms with Gasteiger partial charge in [-0.3, -0.25) is 4.90 Å². The molecule has 3 aromatic rings. The lowest BCUT2D eigenvalue weighted by molar-refractivity contribution is 0.0687. The molecule has 0 fully saturated rings. The van der Waals surface area contributed by atoms with Crippen LogP contribution in [0.25, 0.3) is 0 Å². The second-order valence-electron chi connectivity index (χ2n) is 7.50. The number of halogens is 1. The Balaban J connectivity index is 1.66. The number of hydrogen-bond acceptors (Lipinski definition) is 5. The zero-order valence-electron chi connectivity index (χ0n) is 17.3. The van der Waals surface area contributed by atoms with Crippen LogP contribution in [0.4, 0.5) is 14.9 Å². The van der Waals surface area contributed by atoms with Crippen molar-refractivity contribution in [1.82, 2.24) is 4.98 Å². The summed E-state index contributed by atoms with van der Waals surface area (Å²) in [5, 5.41) is 9.64. The minimum absolute atomic E-state index is 0.0556. The van der Waals surface area contributed by atoms with Gasteiger partial charge < -0.3 is 14.6 Å². The van der Waals surface area contributed by atoms with Crippen molar-refractivity contribution in [3.63, 3.8) is 0 Å². The number of carbonyl (C=O) groups is 2. The summed E-state index contributed by atoms with van der Waals surface area (Å²) in [4.78, 5) is 30.3. The normalized spacial score (nSPS) is 14.9. The Labute approximate surface area is 184 Å². The first-order valence-electron chi connectivity index (χ1n) is 10.1. The van der Waals surface area contributed by atoms with Crippen LogP contribution in [0.1, 0.15) is 34.1 Å². The van der Waals surface area contributed by atoms with Gasteiger partial charge in [-0.2, -0.15) is 0 Å². The number of anilines is 1. The molecule has 1 atom stereocenters. The van der Waals surface area contributed by atoms with Crippen molar-refractivity contribution in [3.8, 4) is 5.88 Å². The monoisotopic (exact) mass is 436 g/mol. The van der Waals surface area contributed by atoms with Crippen LogP contribution >= 0.6 is 0 Å². The molecule has 1 N–H and O–H groups in total. The molecule has 2 aromatic carbocycles. The maximum atomic E-state index is 13.3. The van der Waals surface area contributed by atoms with Crippen molar-refractivity contribution in [2.75, 3.05) is 11.5 Å². The zero-order chi connectivity index (χ0) is 22.7. The molecule has 0 spiro atoms. The van der Waals surface area contributed by atoms with E-state index in [-0.39, 0.29) is 43.1 Å². The van der Waals surface area contributed by atoms with E-state index in [2.05, 4.69) is 4.98 Å². The summed E-state index contributed by atoms with van der Waals surface area (Å²) in [5.74, 6) is -1.55. The Bertz CT molecular complexity index is 1140. The molecule has 0 saturated carbocycles. The lowest BCUT2D eigenvalue weighted by atomic mass is 10.0. The first-order valence-corrected chi connectivity index (χ1v) is 10.1. The number of pyridine rings is 1. The van der Waals surface area contributed by atoms with Crippen molar-refractivity contribution < 1.29 is 28.6 Å². The van der Waals surface area contributed by atoms with E-state index in [0.717, 1.165) is 5.56 Å². The van der Waals surface area contributed by atoms with Crippen molar-refractivity contribution in [2.45, 2.75) is 26.0 Å². The third-order valence-corrected chi connectivity index (χ3v) is 5.12. The zero-order valence-corrected chi connectivity index (χ0v) is 17.3. The topological polar surface area (TPSA) is 89.0 Å². The molecule has 8 heteroatoms. The summed E-state index contributed by atoms with van der Waals surface area (Å²) < 4.78 is 24.4. The molecule has 0 radical (unpaired) electrons. The molecule has 2 heterocycles. The molecule has 1 aliphatic rings. The second-order valence-corrected chi connectivity index (χ2v) is 7.50. The van der Waals surface area contributed by atoms with Gasteiger partial charge in [-0.15, -0.1) is 0 Å². The summed E-state index contributed by atoms with van der Waals surface area (Å²) in [6.07, 6.45) is -0.382. The Kier molecular flexibility index (Phi) is 6.02. The highest BCUT2D eigenvalue weighted by atomic mass is 19.1. The molecule has 0 aliphatic carbocycles. The first-order chi connectivity index (χ1) is 15.4. The molecule has 1 amide bonds. The van der Waals surface area contributed by atoms with Gasteiger partial charge in [0.2, 0.25) is 5.88 Å². The van der Waals surface area contributed by atoms with E-state index in [1.165, 1.54) is 17.0 Å². The fourth-order valence-corrected chi connectivity index (χ4v) is 3.53. The van der Waals surface area contributed by atoms with E-state index in [1.54, 1.807) is 25.1 Å². The maximum Gasteiger partial charge on any atom is 0.415 e. The van der Waals surface area contributed by atoms with Crippen LogP contribution in [-0.2, 0) is 17.8 Å². The summed E-state index contributed by atoms with van der Waals surface area (Å²) in [6, 6.07) is 16.3. The number of hydrogen-bond donors (Lipinski definition) is 1. The van der Waals surface area contributed by atoms with Crippen LogP contribution in [0.3, 0.4) is 0 Å². The largest absolute Gasteiger partial charge is 0.476 e. The minimum atomic E-state index is -1.22. The van der Waals surface area contributed by atoms with E-state index < -0.39 is 12.1 Å². The van der Waals surface area contributed by atoms with Gasteiger partial charge in [-0.25, -0.2) is 19.0 Å². The lowest BCUT2D eigenvalue weighted by Gasteiger charge is -2.34. The third-order valence-electron chi connectivity index (χ3n) is 5.12. The second kappa shape index (κ2) is 9.05. The Morgan fingerprint density at radius 2 is 1.88 bits per heavy atom. The van der Waals surface area contributed by atoms with Crippen LogP contribution < -0.4 is 9.64 Å². The molecule has 32 heavy (non-hydrogen) atoms. The highest BCUT2D eigenvalue weighted by molar-refractivity contribution is 5.93. The summed E-state index contributed by atoms with van der Waals surface area (Å²) in [6.45, 7) is 2.05. The molecule has 0 saturated heterocycles. The molecule has 164 valence electrons. The molecule has 7 nitrogen and oxygen atoms in total. The summed E-state index contributed by atoms with van der Waals surface area (Å²) in [5.41, 5.74) is 2.09. The molecule has 0 bridgehead atoms. The van der Waals surface area contributed by atoms with Crippen molar-refractivity contribution in [2.24, 2.45) is 0 Å². The number of aromatic carboxylic acids is 1. The molecule has 4 rings (SSSR count). The van der Waals surface area contributed by atoms with Gasteiger partial charge in [0.25, 0.3) is 0 Å². The fourth-order valence-electron chi connectivity index (χ4n) is 3.53. The Morgan fingerprint density at radius 1 is 1.16 bits per heavy atom. The van der Waals surface area contributed by atoms with Crippen LogP contribution in [0.15, 0.2) is 60.7 Å². The predicted molar refractivity (Wildman–Crippen MR) is 114 cm³/mol. The third kappa shape index (κ3) is 4.54. The number of carbonyl (C=O) groups excluding carboxylic acids is 1. The van der Waals surface area contributed by atoms with E-state index in [0.29, 0.717) is 16.8 Å². The number of rotatable bonds is 5. The number of fused-ring (bicyclic) bond motifs is 1.